The molecule has 0 aliphatic carbocycles. The molecule has 0 unspecified atom stereocenters. The summed E-state index contributed by atoms with van der Waals surface area (Å²) in [6, 6.07) is 10.2. The zero-order valence-electron chi connectivity index (χ0n) is 13.2. The van der Waals surface area contributed by atoms with Gasteiger partial charge in [0.05, 0.1) is 0 Å². The van der Waals surface area contributed by atoms with E-state index < -0.39 is 0 Å². The molecule has 1 amide bonds. The zero-order chi connectivity index (χ0) is 16.1. The summed E-state index contributed by atoms with van der Waals surface area (Å²) in [5.41, 5.74) is 5.01. The monoisotopic (exact) mass is 300 g/mol. The van der Waals surface area contributed by atoms with E-state index in [2.05, 4.69) is 22.8 Å². The number of hydrogen-bond acceptors (Lipinski definition) is 2. The highest BCUT2D eigenvalue weighted by atomic mass is 19.1. The minimum Gasteiger partial charge on any atom is -0.385 e. The van der Waals surface area contributed by atoms with Crippen LogP contribution in [0.4, 0.5) is 15.8 Å². The largest absolute Gasteiger partial charge is 0.385 e. The van der Waals surface area contributed by atoms with Gasteiger partial charge in [-0.05, 0) is 56.2 Å². The van der Waals surface area contributed by atoms with E-state index in [1.54, 1.807) is 12.1 Å². The van der Waals surface area contributed by atoms with Crippen molar-refractivity contribution in [2.75, 3.05) is 17.2 Å². The zero-order valence-corrected chi connectivity index (χ0v) is 13.2. The molecule has 0 bridgehead atoms. The van der Waals surface area contributed by atoms with Gasteiger partial charge in [0.25, 0.3) is 0 Å². The lowest BCUT2D eigenvalue weighted by molar-refractivity contribution is -0.115. The molecule has 0 atom stereocenters. The van der Waals surface area contributed by atoms with Gasteiger partial charge in [-0.1, -0.05) is 17.7 Å². The van der Waals surface area contributed by atoms with Crippen molar-refractivity contribution in [2.45, 2.75) is 27.2 Å². The van der Waals surface area contributed by atoms with Crippen LogP contribution in [0.1, 0.15) is 23.1 Å². The van der Waals surface area contributed by atoms with Crippen molar-refractivity contribution in [3.8, 4) is 0 Å². The van der Waals surface area contributed by atoms with E-state index >= 15 is 0 Å². The minimum absolute atomic E-state index is 0.0373. The molecule has 2 rings (SSSR count). The van der Waals surface area contributed by atoms with Crippen molar-refractivity contribution in [3.63, 3.8) is 0 Å². The molecule has 2 N–H and O–H groups in total. The van der Waals surface area contributed by atoms with Crippen molar-refractivity contribution >= 4 is 17.3 Å². The third kappa shape index (κ3) is 4.32. The number of aryl methyl sites for hydroxylation is 3. The number of amides is 1. The highest BCUT2D eigenvalue weighted by molar-refractivity contribution is 5.92. The van der Waals surface area contributed by atoms with Gasteiger partial charge in [0.2, 0.25) is 5.91 Å². The van der Waals surface area contributed by atoms with Crippen LogP contribution in [0.25, 0.3) is 0 Å². The van der Waals surface area contributed by atoms with Gasteiger partial charge in [0.1, 0.15) is 5.82 Å². The Kier molecular flexibility index (Phi) is 5.15. The molecule has 0 fully saturated rings. The van der Waals surface area contributed by atoms with Gasteiger partial charge in [-0.25, -0.2) is 4.39 Å². The fourth-order valence-corrected chi connectivity index (χ4v) is 2.47. The van der Waals surface area contributed by atoms with Crippen molar-refractivity contribution < 1.29 is 9.18 Å². The number of nitrogens with one attached hydrogen (secondary N) is 2. The van der Waals surface area contributed by atoms with E-state index in [-0.39, 0.29) is 11.7 Å². The molecule has 2 aromatic rings. The van der Waals surface area contributed by atoms with Crippen LogP contribution < -0.4 is 10.6 Å². The SMILES string of the molecule is Cc1cc(C)c(NC(=O)CCNc2ccc(F)cc2)c(C)c1. The van der Waals surface area contributed by atoms with E-state index in [0.717, 1.165) is 22.5 Å². The summed E-state index contributed by atoms with van der Waals surface area (Å²) in [5, 5.41) is 6.06. The highest BCUT2D eigenvalue weighted by Crippen LogP contribution is 2.22. The number of carbonyl (C=O) groups is 1. The van der Waals surface area contributed by atoms with E-state index in [4.69, 9.17) is 0 Å². The topological polar surface area (TPSA) is 41.1 Å². The second-order valence-corrected chi connectivity index (χ2v) is 5.51. The van der Waals surface area contributed by atoms with Crippen LogP contribution in [0, 0.1) is 26.6 Å². The number of anilines is 2. The summed E-state index contributed by atoms with van der Waals surface area (Å²) < 4.78 is 12.8. The van der Waals surface area contributed by atoms with Crippen LogP contribution >= 0.6 is 0 Å². The Morgan fingerprint density at radius 3 is 2.23 bits per heavy atom. The highest BCUT2D eigenvalue weighted by Gasteiger charge is 2.08. The Balaban J connectivity index is 1.87. The van der Waals surface area contributed by atoms with Crippen molar-refractivity contribution in [3.05, 3.63) is 58.9 Å². The van der Waals surface area contributed by atoms with Gasteiger partial charge in [-0.3, -0.25) is 4.79 Å². The molecular weight excluding hydrogens is 279 g/mol. The van der Waals surface area contributed by atoms with Gasteiger partial charge in [-0.2, -0.15) is 0 Å². The third-order valence-corrected chi connectivity index (χ3v) is 3.47. The maximum absolute atomic E-state index is 12.8. The molecule has 0 spiro atoms. The van der Waals surface area contributed by atoms with E-state index in [9.17, 15) is 9.18 Å². The average Bonchev–Trinajstić information content (AvgIpc) is 2.45. The molecule has 0 aliphatic rings. The molecule has 0 saturated heterocycles. The van der Waals surface area contributed by atoms with Gasteiger partial charge < -0.3 is 10.6 Å². The Morgan fingerprint density at radius 2 is 1.64 bits per heavy atom. The number of hydrogen-bond donors (Lipinski definition) is 2. The first-order valence-corrected chi connectivity index (χ1v) is 7.33. The van der Waals surface area contributed by atoms with Crippen molar-refractivity contribution in [1.29, 1.82) is 0 Å². The third-order valence-electron chi connectivity index (χ3n) is 3.47. The molecule has 0 aromatic heterocycles. The Bertz CT molecular complexity index is 642. The van der Waals surface area contributed by atoms with Crippen molar-refractivity contribution in [2.24, 2.45) is 0 Å². The maximum Gasteiger partial charge on any atom is 0.226 e. The van der Waals surface area contributed by atoms with Gasteiger partial charge in [0, 0.05) is 24.3 Å². The lowest BCUT2D eigenvalue weighted by Crippen LogP contribution is -2.17. The van der Waals surface area contributed by atoms with Crippen LogP contribution in [-0.4, -0.2) is 12.5 Å². The maximum atomic E-state index is 12.8. The second kappa shape index (κ2) is 7.07. The smallest absolute Gasteiger partial charge is 0.226 e. The fraction of sp³-hybridized carbons (Fsp3) is 0.278. The first-order chi connectivity index (χ1) is 10.5. The summed E-state index contributed by atoms with van der Waals surface area (Å²) in [6.07, 6.45) is 0.351. The summed E-state index contributed by atoms with van der Waals surface area (Å²) in [7, 11) is 0. The van der Waals surface area contributed by atoms with E-state index in [1.807, 2.05) is 20.8 Å². The first-order valence-electron chi connectivity index (χ1n) is 7.33. The number of carbonyl (C=O) groups excluding carboxylic acids is 1. The van der Waals surface area contributed by atoms with E-state index in [0.29, 0.717) is 13.0 Å². The molecule has 4 heteroatoms. The van der Waals surface area contributed by atoms with Gasteiger partial charge >= 0.3 is 0 Å². The standard InChI is InChI=1S/C18H21FN2O/c1-12-10-13(2)18(14(3)11-12)21-17(22)8-9-20-16-6-4-15(19)5-7-16/h4-7,10-11,20H,8-9H2,1-3H3,(H,21,22). The van der Waals surface area contributed by atoms with Crippen LogP contribution in [0.15, 0.2) is 36.4 Å². The lowest BCUT2D eigenvalue weighted by Gasteiger charge is -2.13. The normalized spacial score (nSPS) is 10.4. The number of halogens is 1. The van der Waals surface area contributed by atoms with Crippen LogP contribution in [0.5, 0.6) is 0 Å². The molecule has 0 saturated carbocycles. The van der Waals surface area contributed by atoms with Gasteiger partial charge in [0.15, 0.2) is 0 Å². The van der Waals surface area contributed by atoms with Crippen LogP contribution in [-0.2, 0) is 4.79 Å². The molecule has 116 valence electrons. The van der Waals surface area contributed by atoms with Crippen LogP contribution in [0.3, 0.4) is 0 Å². The van der Waals surface area contributed by atoms with Crippen LogP contribution in [0.2, 0.25) is 0 Å². The van der Waals surface area contributed by atoms with Gasteiger partial charge in [-0.15, -0.1) is 0 Å². The van der Waals surface area contributed by atoms with Crippen molar-refractivity contribution in [1.82, 2.24) is 0 Å². The predicted molar refractivity (Wildman–Crippen MR) is 88.8 cm³/mol. The summed E-state index contributed by atoms with van der Waals surface area (Å²) in [4.78, 5) is 12.0. The second-order valence-electron chi connectivity index (χ2n) is 5.51. The first kappa shape index (κ1) is 16.0. The summed E-state index contributed by atoms with van der Waals surface area (Å²) in [5.74, 6) is -0.307. The quantitative estimate of drug-likeness (QED) is 0.869. The Labute approximate surface area is 130 Å². The molecule has 22 heavy (non-hydrogen) atoms. The fourth-order valence-electron chi connectivity index (χ4n) is 2.47. The average molecular weight is 300 g/mol. The number of rotatable bonds is 5. The molecule has 0 radical (unpaired) electrons. The lowest BCUT2D eigenvalue weighted by atomic mass is 10.1. The number of benzene rings is 2. The summed E-state index contributed by atoms with van der Waals surface area (Å²) in [6.45, 7) is 6.53. The Hall–Kier alpha value is -2.36. The molecule has 0 aliphatic heterocycles. The molecular formula is C18H21FN2O. The Morgan fingerprint density at radius 1 is 1.05 bits per heavy atom. The van der Waals surface area contributed by atoms with E-state index in [1.165, 1.54) is 17.7 Å². The molecule has 3 nitrogen and oxygen atoms in total. The molecule has 2 aromatic carbocycles. The summed E-state index contributed by atoms with van der Waals surface area (Å²) >= 11 is 0. The predicted octanol–water partition coefficient (Wildman–Crippen LogP) is 4.19. The molecule has 0 heterocycles. The minimum atomic E-state index is -0.270.